The predicted octanol–water partition coefficient (Wildman–Crippen LogP) is 2.87. The molecule has 5 rings (SSSR count). The second-order valence-electron chi connectivity index (χ2n) is 11.0. The first-order valence-electron chi connectivity index (χ1n) is 13.0. The van der Waals surface area contributed by atoms with E-state index in [2.05, 4.69) is 27.7 Å². The van der Waals surface area contributed by atoms with Crippen molar-refractivity contribution in [2.24, 2.45) is 5.41 Å². The standard InChI is InChI=1S/C28H37N3O5/c1-19-24(32)16-25(36-18-22-17-34-13-14-35-22)31-8-7-20-15-21(5-6-23(20)26(19)31)29-9-11-30(12-10-29)27(33)28(2,3)4/h5-6,15-16,22H,7-14,17-18H2,1-4H3/t22-/m0/s1. The number of ether oxygens (including phenoxy) is 3. The highest BCUT2D eigenvalue weighted by molar-refractivity contribution is 5.82. The molecule has 8 nitrogen and oxygen atoms in total. The largest absolute Gasteiger partial charge is 0.476 e. The van der Waals surface area contributed by atoms with E-state index in [4.69, 9.17) is 14.2 Å². The van der Waals surface area contributed by atoms with Crippen LogP contribution < -0.4 is 15.1 Å². The van der Waals surface area contributed by atoms with Crippen LogP contribution in [0.2, 0.25) is 0 Å². The van der Waals surface area contributed by atoms with Crippen LogP contribution >= 0.6 is 0 Å². The average molecular weight is 496 g/mol. The van der Waals surface area contributed by atoms with Gasteiger partial charge in [-0.1, -0.05) is 26.8 Å². The summed E-state index contributed by atoms with van der Waals surface area (Å²) in [5.74, 6) is 0.801. The molecule has 0 aliphatic carbocycles. The van der Waals surface area contributed by atoms with E-state index in [-0.39, 0.29) is 22.9 Å². The van der Waals surface area contributed by atoms with E-state index >= 15 is 0 Å². The van der Waals surface area contributed by atoms with Gasteiger partial charge in [-0.25, -0.2) is 0 Å². The summed E-state index contributed by atoms with van der Waals surface area (Å²) in [5.41, 5.74) is 4.81. The molecule has 0 spiro atoms. The number of fused-ring (bicyclic) bond motifs is 3. The lowest BCUT2D eigenvalue weighted by atomic mass is 9.93. The molecule has 0 unspecified atom stereocenters. The van der Waals surface area contributed by atoms with E-state index in [9.17, 15) is 9.59 Å². The summed E-state index contributed by atoms with van der Waals surface area (Å²) in [4.78, 5) is 29.8. The van der Waals surface area contributed by atoms with Crippen LogP contribution in [0.5, 0.6) is 5.88 Å². The van der Waals surface area contributed by atoms with Crippen molar-refractivity contribution >= 4 is 11.6 Å². The molecule has 0 bridgehead atoms. The molecule has 0 radical (unpaired) electrons. The van der Waals surface area contributed by atoms with E-state index in [1.165, 1.54) is 11.3 Å². The molecule has 0 N–H and O–H groups in total. The normalized spacial score (nSPS) is 20.1. The summed E-state index contributed by atoms with van der Waals surface area (Å²) in [5, 5.41) is 0. The molecule has 1 aromatic carbocycles. The fraction of sp³-hybridized carbons (Fsp3) is 0.571. The lowest BCUT2D eigenvalue weighted by Crippen LogP contribution is -2.51. The maximum atomic E-state index is 12.9. The predicted molar refractivity (Wildman–Crippen MR) is 139 cm³/mol. The van der Waals surface area contributed by atoms with E-state index < -0.39 is 0 Å². The Labute approximate surface area is 212 Å². The van der Waals surface area contributed by atoms with Gasteiger partial charge in [0.2, 0.25) is 5.91 Å². The van der Waals surface area contributed by atoms with Crippen LogP contribution in [0.1, 0.15) is 31.9 Å². The second kappa shape index (κ2) is 9.90. The molecule has 2 saturated heterocycles. The summed E-state index contributed by atoms with van der Waals surface area (Å²) in [7, 11) is 0. The quantitative estimate of drug-likeness (QED) is 0.650. The number of hydrogen-bond acceptors (Lipinski definition) is 6. The third-order valence-corrected chi connectivity index (χ3v) is 7.34. The highest BCUT2D eigenvalue weighted by Crippen LogP contribution is 2.36. The molecule has 3 aliphatic heterocycles. The van der Waals surface area contributed by atoms with Crippen LogP contribution in [0.3, 0.4) is 0 Å². The zero-order valence-corrected chi connectivity index (χ0v) is 21.8. The topological polar surface area (TPSA) is 73.2 Å². The minimum atomic E-state index is -0.350. The minimum Gasteiger partial charge on any atom is -0.476 e. The molecule has 194 valence electrons. The van der Waals surface area contributed by atoms with Gasteiger partial charge in [-0.15, -0.1) is 0 Å². The monoisotopic (exact) mass is 495 g/mol. The number of amides is 1. The third kappa shape index (κ3) is 4.89. The SMILES string of the molecule is Cc1c2n(c(OC[C@@H]3COCCO3)cc1=O)CCc1cc(N3CCN(C(=O)C(C)(C)C)CC3)ccc1-2. The smallest absolute Gasteiger partial charge is 0.228 e. The van der Waals surface area contributed by atoms with Crippen molar-refractivity contribution in [2.75, 3.05) is 57.5 Å². The van der Waals surface area contributed by atoms with Crippen molar-refractivity contribution in [3.8, 4) is 17.1 Å². The Kier molecular flexibility index (Phi) is 6.83. The number of pyridine rings is 1. The summed E-state index contributed by atoms with van der Waals surface area (Å²) in [6.45, 7) is 13.7. The zero-order valence-electron chi connectivity index (χ0n) is 21.8. The number of carbonyl (C=O) groups excluding carboxylic acids is 1. The molecule has 1 aromatic heterocycles. The maximum Gasteiger partial charge on any atom is 0.228 e. The Balaban J connectivity index is 1.35. The Bertz CT molecular complexity index is 1180. The molecule has 2 fully saturated rings. The van der Waals surface area contributed by atoms with Gasteiger partial charge in [0.15, 0.2) is 11.3 Å². The van der Waals surface area contributed by atoms with Gasteiger partial charge in [0.05, 0.1) is 25.5 Å². The van der Waals surface area contributed by atoms with Gasteiger partial charge in [0.25, 0.3) is 0 Å². The van der Waals surface area contributed by atoms with Gasteiger partial charge in [-0.05, 0) is 31.0 Å². The van der Waals surface area contributed by atoms with Crippen molar-refractivity contribution < 1.29 is 19.0 Å². The number of aromatic nitrogens is 1. The summed E-state index contributed by atoms with van der Waals surface area (Å²) in [6, 6.07) is 8.13. The van der Waals surface area contributed by atoms with Gasteiger partial charge < -0.3 is 28.6 Å². The van der Waals surface area contributed by atoms with Crippen LogP contribution in [0.15, 0.2) is 29.1 Å². The first-order valence-corrected chi connectivity index (χ1v) is 13.0. The Morgan fingerprint density at radius 1 is 1.08 bits per heavy atom. The molecule has 4 heterocycles. The van der Waals surface area contributed by atoms with Crippen LogP contribution in [-0.2, 0) is 27.2 Å². The van der Waals surface area contributed by atoms with Crippen molar-refractivity contribution in [3.05, 3.63) is 45.6 Å². The number of nitrogens with zero attached hydrogens (tertiary/aromatic N) is 3. The molecular weight excluding hydrogens is 458 g/mol. The minimum absolute atomic E-state index is 0.0198. The first kappa shape index (κ1) is 24.8. The number of piperazine rings is 1. The summed E-state index contributed by atoms with van der Waals surface area (Å²) in [6.07, 6.45) is 0.740. The number of rotatable bonds is 4. The van der Waals surface area contributed by atoms with Crippen molar-refractivity contribution in [2.45, 2.75) is 46.8 Å². The van der Waals surface area contributed by atoms with Crippen LogP contribution in [-0.4, -0.2) is 74.1 Å². The van der Waals surface area contributed by atoms with Gasteiger partial charge >= 0.3 is 0 Å². The van der Waals surface area contributed by atoms with E-state index in [0.29, 0.717) is 32.3 Å². The lowest BCUT2D eigenvalue weighted by molar-refractivity contribution is -0.139. The van der Waals surface area contributed by atoms with Gasteiger partial charge in [-0.3, -0.25) is 9.59 Å². The fourth-order valence-corrected chi connectivity index (χ4v) is 5.32. The second-order valence-corrected chi connectivity index (χ2v) is 11.0. The molecular formula is C28H37N3O5. The molecule has 1 amide bonds. The van der Waals surface area contributed by atoms with E-state index in [1.807, 2.05) is 32.6 Å². The van der Waals surface area contributed by atoms with Crippen LogP contribution in [0, 0.1) is 12.3 Å². The van der Waals surface area contributed by atoms with Crippen molar-refractivity contribution in [1.82, 2.24) is 9.47 Å². The van der Waals surface area contributed by atoms with Crippen molar-refractivity contribution in [3.63, 3.8) is 0 Å². The average Bonchev–Trinajstić information content (AvgIpc) is 2.89. The Hall–Kier alpha value is -2.84. The fourth-order valence-electron chi connectivity index (χ4n) is 5.32. The number of anilines is 1. The van der Waals surface area contributed by atoms with Gasteiger partial charge in [-0.2, -0.15) is 0 Å². The summed E-state index contributed by atoms with van der Waals surface area (Å²) < 4.78 is 19.4. The highest BCUT2D eigenvalue weighted by atomic mass is 16.6. The van der Waals surface area contributed by atoms with E-state index in [1.54, 1.807) is 6.07 Å². The molecule has 8 heteroatoms. The Morgan fingerprint density at radius 3 is 2.56 bits per heavy atom. The molecule has 36 heavy (non-hydrogen) atoms. The molecule has 3 aliphatic rings. The highest BCUT2D eigenvalue weighted by Gasteiger charge is 2.30. The van der Waals surface area contributed by atoms with Crippen molar-refractivity contribution in [1.29, 1.82) is 0 Å². The molecule has 2 aromatic rings. The number of aryl methyl sites for hydroxylation is 1. The number of benzene rings is 1. The summed E-state index contributed by atoms with van der Waals surface area (Å²) >= 11 is 0. The van der Waals surface area contributed by atoms with Gasteiger partial charge in [0, 0.05) is 61.0 Å². The number of carbonyl (C=O) groups is 1. The molecule has 0 saturated carbocycles. The van der Waals surface area contributed by atoms with Gasteiger partial charge in [0.1, 0.15) is 12.7 Å². The first-order chi connectivity index (χ1) is 17.2. The third-order valence-electron chi connectivity index (χ3n) is 7.34. The zero-order chi connectivity index (χ0) is 25.4. The van der Waals surface area contributed by atoms with Crippen LogP contribution in [0.25, 0.3) is 11.3 Å². The Morgan fingerprint density at radius 2 is 1.86 bits per heavy atom. The van der Waals surface area contributed by atoms with Crippen LogP contribution in [0.4, 0.5) is 5.69 Å². The lowest BCUT2D eigenvalue weighted by Gasteiger charge is -2.39. The van der Waals surface area contributed by atoms with E-state index in [0.717, 1.165) is 56.0 Å². The molecule has 1 atom stereocenters. The number of hydrogen-bond donors (Lipinski definition) is 0. The maximum absolute atomic E-state index is 12.9.